The molecule has 7 heteroatoms. The van der Waals surface area contributed by atoms with Crippen molar-refractivity contribution in [2.24, 2.45) is 11.8 Å². The molecule has 180 valence electrons. The molecule has 0 spiro atoms. The van der Waals surface area contributed by atoms with Crippen molar-refractivity contribution >= 4 is 18.0 Å². The van der Waals surface area contributed by atoms with Crippen molar-refractivity contribution in [1.82, 2.24) is 10.2 Å². The zero-order valence-electron chi connectivity index (χ0n) is 19.7. The number of fused-ring (bicyclic) bond motifs is 3. The van der Waals surface area contributed by atoms with Gasteiger partial charge in [0.1, 0.15) is 12.6 Å². The van der Waals surface area contributed by atoms with Crippen molar-refractivity contribution in [2.75, 3.05) is 20.2 Å². The Bertz CT molecular complexity index is 1020. The van der Waals surface area contributed by atoms with Crippen LogP contribution in [0.25, 0.3) is 11.1 Å². The van der Waals surface area contributed by atoms with Gasteiger partial charge in [0.05, 0.1) is 0 Å². The zero-order chi connectivity index (χ0) is 24.2. The lowest BCUT2D eigenvalue weighted by Gasteiger charge is -2.29. The maximum absolute atomic E-state index is 13.0. The average molecular weight is 465 g/mol. The van der Waals surface area contributed by atoms with Crippen LogP contribution in [0.15, 0.2) is 48.5 Å². The molecule has 0 aliphatic heterocycles. The fourth-order valence-electron chi connectivity index (χ4n) is 5.50. The maximum Gasteiger partial charge on any atom is 0.407 e. The molecule has 3 unspecified atom stereocenters. The molecule has 0 radical (unpaired) electrons. The van der Waals surface area contributed by atoms with Crippen molar-refractivity contribution < 1.29 is 24.2 Å². The van der Waals surface area contributed by atoms with Gasteiger partial charge in [-0.15, -0.1) is 0 Å². The predicted octanol–water partition coefficient (Wildman–Crippen LogP) is 4.26. The Morgan fingerprint density at radius 1 is 1.06 bits per heavy atom. The van der Waals surface area contributed by atoms with E-state index in [0.717, 1.165) is 24.0 Å². The van der Waals surface area contributed by atoms with Crippen LogP contribution in [0.1, 0.15) is 49.7 Å². The minimum absolute atomic E-state index is 0.00500. The first kappa shape index (κ1) is 23.8. The van der Waals surface area contributed by atoms with Gasteiger partial charge in [0.15, 0.2) is 0 Å². The summed E-state index contributed by atoms with van der Waals surface area (Å²) in [6.07, 6.45) is 2.26. The third kappa shape index (κ3) is 4.65. The van der Waals surface area contributed by atoms with E-state index in [9.17, 15) is 19.5 Å². The minimum atomic E-state index is -0.996. The first-order valence-electron chi connectivity index (χ1n) is 12.0. The van der Waals surface area contributed by atoms with Crippen LogP contribution in [0, 0.1) is 11.8 Å². The fraction of sp³-hybridized carbons (Fsp3) is 0.444. The van der Waals surface area contributed by atoms with Crippen LogP contribution in [0.5, 0.6) is 0 Å². The van der Waals surface area contributed by atoms with Crippen molar-refractivity contribution in [3.05, 3.63) is 59.7 Å². The Labute approximate surface area is 200 Å². The Kier molecular flexibility index (Phi) is 7.20. The summed E-state index contributed by atoms with van der Waals surface area (Å²) in [4.78, 5) is 38.3. The number of nitrogens with zero attached hydrogens (tertiary/aromatic N) is 1. The number of carbonyl (C=O) groups excluding carboxylic acids is 2. The van der Waals surface area contributed by atoms with Crippen molar-refractivity contribution in [3.63, 3.8) is 0 Å². The number of carboxylic acids is 1. The number of rotatable bonds is 8. The molecule has 2 aromatic carbocycles. The van der Waals surface area contributed by atoms with Crippen LogP contribution >= 0.6 is 0 Å². The first-order valence-corrected chi connectivity index (χ1v) is 12.0. The second-order valence-electron chi connectivity index (χ2n) is 9.22. The third-order valence-corrected chi connectivity index (χ3v) is 7.32. The Morgan fingerprint density at radius 2 is 1.68 bits per heavy atom. The summed E-state index contributed by atoms with van der Waals surface area (Å²) in [7, 11) is 1.55. The number of nitrogens with one attached hydrogen (secondary N) is 1. The summed E-state index contributed by atoms with van der Waals surface area (Å²) in [5.41, 5.74) is 4.67. The van der Waals surface area contributed by atoms with Gasteiger partial charge in [-0.2, -0.15) is 0 Å². The molecule has 0 heterocycles. The van der Waals surface area contributed by atoms with Gasteiger partial charge in [0.2, 0.25) is 5.91 Å². The van der Waals surface area contributed by atoms with Gasteiger partial charge in [0, 0.05) is 25.4 Å². The van der Waals surface area contributed by atoms with E-state index in [2.05, 4.69) is 29.6 Å². The predicted molar refractivity (Wildman–Crippen MR) is 128 cm³/mol. The summed E-state index contributed by atoms with van der Waals surface area (Å²) < 4.78 is 5.61. The molecule has 34 heavy (non-hydrogen) atoms. The molecule has 0 saturated heterocycles. The summed E-state index contributed by atoms with van der Waals surface area (Å²) >= 11 is 0. The van der Waals surface area contributed by atoms with Gasteiger partial charge in [0.25, 0.3) is 0 Å². The van der Waals surface area contributed by atoms with Gasteiger partial charge in [-0.05, 0) is 47.4 Å². The lowest BCUT2D eigenvalue weighted by Crippen LogP contribution is -2.46. The molecule has 2 aromatic rings. The highest BCUT2D eigenvalue weighted by Crippen LogP contribution is 2.44. The van der Waals surface area contributed by atoms with E-state index >= 15 is 0 Å². The molecule has 3 atom stereocenters. The van der Waals surface area contributed by atoms with Gasteiger partial charge < -0.3 is 20.1 Å². The second-order valence-corrected chi connectivity index (χ2v) is 9.22. The number of ether oxygens (including phenoxy) is 1. The van der Waals surface area contributed by atoms with Crippen molar-refractivity contribution in [2.45, 2.75) is 44.6 Å². The lowest BCUT2D eigenvalue weighted by atomic mass is 9.94. The van der Waals surface area contributed by atoms with Gasteiger partial charge in [-0.3, -0.25) is 4.79 Å². The molecule has 2 N–H and O–H groups in total. The molecule has 0 aromatic heterocycles. The lowest BCUT2D eigenvalue weighted by molar-refractivity contribution is -0.151. The smallest absolute Gasteiger partial charge is 0.407 e. The van der Waals surface area contributed by atoms with Crippen molar-refractivity contribution in [3.8, 4) is 11.1 Å². The highest BCUT2D eigenvalue weighted by Gasteiger charge is 2.38. The number of amides is 2. The molecular weight excluding hydrogens is 432 g/mol. The van der Waals surface area contributed by atoms with E-state index in [4.69, 9.17) is 4.74 Å². The summed E-state index contributed by atoms with van der Waals surface area (Å²) in [6, 6.07) is 15.5. The maximum atomic E-state index is 13.0. The molecule has 2 amide bonds. The average Bonchev–Trinajstić information content (AvgIpc) is 3.44. The SMILES string of the molecule is CCC(C(=O)O)N(C)C(=O)C1CCCC1CNC(=O)OCC1c2ccccc2-c2ccccc21. The topological polar surface area (TPSA) is 95.9 Å². The number of aliphatic carboxylic acids is 1. The van der Waals surface area contributed by atoms with Crippen LogP contribution in [-0.2, 0) is 14.3 Å². The number of hydrogen-bond acceptors (Lipinski definition) is 4. The molecule has 2 aliphatic rings. The quantitative estimate of drug-likeness (QED) is 0.609. The fourth-order valence-corrected chi connectivity index (χ4v) is 5.50. The van der Waals surface area contributed by atoms with Crippen LogP contribution in [0.4, 0.5) is 4.79 Å². The molecule has 1 fully saturated rings. The molecule has 7 nitrogen and oxygen atoms in total. The van der Waals surface area contributed by atoms with E-state index < -0.39 is 18.1 Å². The summed E-state index contributed by atoms with van der Waals surface area (Å²) in [5.74, 6) is -1.47. The van der Waals surface area contributed by atoms with Gasteiger partial charge in [-0.1, -0.05) is 61.9 Å². The van der Waals surface area contributed by atoms with Gasteiger partial charge >= 0.3 is 12.1 Å². The van der Waals surface area contributed by atoms with E-state index in [1.807, 2.05) is 24.3 Å². The van der Waals surface area contributed by atoms with E-state index in [-0.39, 0.29) is 30.3 Å². The normalized spacial score (nSPS) is 19.7. The van der Waals surface area contributed by atoms with Gasteiger partial charge in [-0.25, -0.2) is 9.59 Å². The van der Waals surface area contributed by atoms with E-state index in [1.165, 1.54) is 16.0 Å². The third-order valence-electron chi connectivity index (χ3n) is 7.32. The molecule has 2 aliphatic carbocycles. The zero-order valence-corrected chi connectivity index (χ0v) is 19.7. The Morgan fingerprint density at radius 3 is 2.26 bits per heavy atom. The summed E-state index contributed by atoms with van der Waals surface area (Å²) in [5, 5.41) is 12.2. The number of likely N-dealkylation sites (N-methyl/N-ethyl adjacent to an activating group) is 1. The van der Waals surface area contributed by atoms with Crippen LogP contribution in [0.3, 0.4) is 0 Å². The number of alkyl carbamates (subject to hydrolysis) is 1. The van der Waals surface area contributed by atoms with E-state index in [1.54, 1.807) is 14.0 Å². The largest absolute Gasteiger partial charge is 0.480 e. The second kappa shape index (κ2) is 10.3. The standard InChI is InChI=1S/C27H32N2O5/c1-3-24(26(31)32)29(2)25(30)18-14-8-9-17(18)15-28-27(33)34-16-23-21-12-6-4-10-19(21)20-11-5-7-13-22(20)23/h4-7,10-13,17-18,23-24H,3,8-9,14-16H2,1-2H3,(H,28,33)(H,31,32). The minimum Gasteiger partial charge on any atom is -0.480 e. The molecule has 0 bridgehead atoms. The monoisotopic (exact) mass is 464 g/mol. The first-order chi connectivity index (χ1) is 16.4. The van der Waals surface area contributed by atoms with Crippen LogP contribution in [0.2, 0.25) is 0 Å². The highest BCUT2D eigenvalue weighted by atomic mass is 16.5. The Hall–Kier alpha value is -3.35. The number of carbonyl (C=O) groups is 3. The highest BCUT2D eigenvalue weighted by molar-refractivity contribution is 5.85. The number of hydrogen-bond donors (Lipinski definition) is 2. The number of benzene rings is 2. The van der Waals surface area contributed by atoms with Crippen LogP contribution in [-0.4, -0.2) is 54.2 Å². The molecule has 1 saturated carbocycles. The molecular formula is C27H32N2O5. The number of carboxylic acid groups (broad SMARTS) is 1. The van der Waals surface area contributed by atoms with E-state index in [0.29, 0.717) is 19.4 Å². The molecule has 4 rings (SSSR count). The Balaban J connectivity index is 1.33. The van der Waals surface area contributed by atoms with Crippen molar-refractivity contribution in [1.29, 1.82) is 0 Å². The van der Waals surface area contributed by atoms with Crippen LogP contribution < -0.4 is 5.32 Å². The summed E-state index contributed by atoms with van der Waals surface area (Å²) in [6.45, 7) is 2.34.